The number of aryl methyl sites for hydroxylation is 2. The molecule has 2 N–H and O–H groups in total. The molecule has 11 heteroatoms. The van der Waals surface area contributed by atoms with Gasteiger partial charge in [0, 0.05) is 42.7 Å². The molecular formula is C33H34N6O5. The fourth-order valence-corrected chi connectivity index (χ4v) is 6.50. The first-order valence-corrected chi connectivity index (χ1v) is 14.6. The van der Waals surface area contributed by atoms with Crippen LogP contribution in [0.5, 0.6) is 0 Å². The molecule has 6 rings (SSSR count). The molecule has 4 atom stereocenters. The Morgan fingerprint density at radius 1 is 1.05 bits per heavy atom. The number of aromatic nitrogens is 4. The fourth-order valence-electron chi connectivity index (χ4n) is 6.50. The zero-order valence-corrected chi connectivity index (χ0v) is 25.1. The summed E-state index contributed by atoms with van der Waals surface area (Å²) in [6.07, 6.45) is 4.81. The number of hydrogen-bond acceptors (Lipinski definition) is 7. The number of benzene rings is 2. The zero-order valence-electron chi connectivity index (χ0n) is 25.1. The molecule has 2 aliphatic rings. The highest BCUT2D eigenvalue weighted by molar-refractivity contribution is 6.07. The van der Waals surface area contributed by atoms with Gasteiger partial charge in [0.2, 0.25) is 11.8 Å². The first-order valence-electron chi connectivity index (χ1n) is 14.6. The third kappa shape index (κ3) is 5.34. The Balaban J connectivity index is 1.27. The molecular weight excluding hydrogens is 560 g/mol. The van der Waals surface area contributed by atoms with E-state index in [2.05, 4.69) is 20.4 Å². The molecule has 1 saturated heterocycles. The van der Waals surface area contributed by atoms with E-state index in [9.17, 15) is 24.3 Å². The highest BCUT2D eigenvalue weighted by Gasteiger charge is 2.64. The maximum Gasteiger partial charge on any atom is 0.326 e. The number of amides is 2. The van der Waals surface area contributed by atoms with E-state index >= 15 is 0 Å². The molecule has 0 bridgehead atoms. The van der Waals surface area contributed by atoms with Gasteiger partial charge in [-0.05, 0) is 60.9 Å². The molecule has 1 saturated carbocycles. The summed E-state index contributed by atoms with van der Waals surface area (Å²) in [5, 5.41) is 17.7. The Bertz CT molecular complexity index is 1800. The van der Waals surface area contributed by atoms with Crippen molar-refractivity contribution in [2.45, 2.75) is 71.6 Å². The predicted octanol–water partition coefficient (Wildman–Crippen LogP) is 3.50. The average Bonchev–Trinajstić information content (AvgIpc) is 3.33. The molecule has 2 aromatic carbocycles. The SMILES string of the molecule is CC(=O)c1nn(CC(=O)N2C3C[C@]3(C)C[C@H]2C(=O)N[C@H](Cc2ccccc2)C(=O)O)c2c(C)cc(-c3cnc(C)nc3)cc12. The number of hydrogen-bond donors (Lipinski definition) is 2. The van der Waals surface area contributed by atoms with Crippen LogP contribution in [0.15, 0.2) is 54.9 Å². The molecule has 2 aromatic heterocycles. The minimum Gasteiger partial charge on any atom is -0.480 e. The van der Waals surface area contributed by atoms with Crippen LogP contribution < -0.4 is 5.32 Å². The van der Waals surface area contributed by atoms with E-state index in [1.165, 1.54) is 6.92 Å². The molecule has 4 aromatic rings. The summed E-state index contributed by atoms with van der Waals surface area (Å²) < 4.78 is 1.54. The molecule has 2 fully saturated rings. The fraction of sp³-hybridized carbons (Fsp3) is 0.364. The lowest BCUT2D eigenvalue weighted by Crippen LogP contribution is -2.53. The summed E-state index contributed by atoms with van der Waals surface area (Å²) in [6.45, 7) is 7.02. The van der Waals surface area contributed by atoms with E-state index in [1.54, 1.807) is 28.9 Å². The van der Waals surface area contributed by atoms with Crippen molar-refractivity contribution in [1.82, 2.24) is 30.0 Å². The van der Waals surface area contributed by atoms with Crippen molar-refractivity contribution in [1.29, 1.82) is 0 Å². The molecule has 1 unspecified atom stereocenters. The lowest BCUT2D eigenvalue weighted by atomic mass is 10.0. The minimum atomic E-state index is -1.14. The molecule has 11 nitrogen and oxygen atoms in total. The third-order valence-corrected chi connectivity index (χ3v) is 8.89. The number of carbonyl (C=O) groups excluding carboxylic acids is 3. The summed E-state index contributed by atoms with van der Waals surface area (Å²) in [6, 6.07) is 10.9. The number of carbonyl (C=O) groups is 4. The van der Waals surface area contributed by atoms with Crippen LogP contribution in [0, 0.1) is 19.3 Å². The first kappa shape index (κ1) is 29.2. The number of likely N-dealkylation sites (tertiary alicyclic amines) is 1. The van der Waals surface area contributed by atoms with Crippen LogP contribution in [0.1, 0.15) is 54.1 Å². The van der Waals surface area contributed by atoms with Crippen LogP contribution in [0.4, 0.5) is 0 Å². The molecule has 226 valence electrons. The van der Waals surface area contributed by atoms with Crippen molar-refractivity contribution in [3.63, 3.8) is 0 Å². The number of Topliss-reactive ketones (excluding diaryl/α,β-unsaturated/α-hetero) is 1. The topological polar surface area (TPSA) is 147 Å². The number of ketones is 1. The van der Waals surface area contributed by atoms with Gasteiger partial charge in [0.25, 0.3) is 0 Å². The Kier molecular flexibility index (Phi) is 7.27. The zero-order chi connectivity index (χ0) is 31.3. The number of nitrogens with one attached hydrogen (secondary N) is 1. The van der Waals surface area contributed by atoms with Crippen molar-refractivity contribution < 1.29 is 24.3 Å². The first-order chi connectivity index (χ1) is 20.9. The van der Waals surface area contributed by atoms with Gasteiger partial charge in [-0.25, -0.2) is 14.8 Å². The van der Waals surface area contributed by atoms with Gasteiger partial charge in [-0.2, -0.15) is 5.10 Å². The number of aliphatic carboxylic acids is 1. The number of fused-ring (bicyclic) bond motifs is 2. The minimum absolute atomic E-state index is 0.119. The molecule has 2 amide bonds. The van der Waals surface area contributed by atoms with Crippen LogP contribution in [0.25, 0.3) is 22.0 Å². The predicted molar refractivity (Wildman–Crippen MR) is 162 cm³/mol. The van der Waals surface area contributed by atoms with E-state index in [1.807, 2.05) is 56.3 Å². The lowest BCUT2D eigenvalue weighted by molar-refractivity contribution is -0.144. The second-order valence-electron chi connectivity index (χ2n) is 12.3. The smallest absolute Gasteiger partial charge is 0.326 e. The van der Waals surface area contributed by atoms with Crippen molar-refractivity contribution in [3.05, 3.63) is 77.5 Å². The van der Waals surface area contributed by atoms with Gasteiger partial charge in [0.1, 0.15) is 30.1 Å². The third-order valence-electron chi connectivity index (χ3n) is 8.89. The quantitative estimate of drug-likeness (QED) is 0.280. The lowest BCUT2D eigenvalue weighted by Gasteiger charge is -2.28. The molecule has 44 heavy (non-hydrogen) atoms. The Labute approximate surface area is 254 Å². The summed E-state index contributed by atoms with van der Waals surface area (Å²) in [4.78, 5) is 62.3. The van der Waals surface area contributed by atoms with Crippen molar-refractivity contribution in [2.24, 2.45) is 5.41 Å². The standard InChI is InChI=1S/C33H34N6O5/c1-18-10-22(23-15-34-20(3)35-16-23)12-24-29(19(2)40)37-38(30(18)24)17-28(41)39-26(13-33(4)14-27(33)39)31(42)36-25(32(43)44)11-21-8-6-5-7-9-21/h5-10,12,15-16,25-27H,11,13-14,17H2,1-4H3,(H,36,42)(H,43,44)/t25-,26+,27?,33+/m1/s1. The normalized spacial score (nSPS) is 21.1. The van der Waals surface area contributed by atoms with E-state index in [4.69, 9.17) is 0 Å². The van der Waals surface area contributed by atoms with Crippen LogP contribution in [0.2, 0.25) is 0 Å². The second-order valence-corrected chi connectivity index (χ2v) is 12.3. The summed E-state index contributed by atoms with van der Waals surface area (Å²) in [5.74, 6) is -1.50. The average molecular weight is 595 g/mol. The number of piperidine rings is 1. The highest BCUT2D eigenvalue weighted by Crippen LogP contribution is 2.59. The number of nitrogens with zero attached hydrogens (tertiary/aromatic N) is 5. The van der Waals surface area contributed by atoms with Gasteiger partial charge < -0.3 is 15.3 Å². The van der Waals surface area contributed by atoms with Gasteiger partial charge >= 0.3 is 5.97 Å². The highest BCUT2D eigenvalue weighted by atomic mass is 16.4. The van der Waals surface area contributed by atoms with Crippen LogP contribution >= 0.6 is 0 Å². The van der Waals surface area contributed by atoms with Crippen molar-refractivity contribution in [3.8, 4) is 11.1 Å². The second kappa shape index (κ2) is 11.0. The summed E-state index contributed by atoms with van der Waals surface area (Å²) >= 11 is 0. The van der Waals surface area contributed by atoms with Crippen molar-refractivity contribution in [2.75, 3.05) is 0 Å². The Morgan fingerprint density at radius 3 is 2.41 bits per heavy atom. The van der Waals surface area contributed by atoms with Gasteiger partial charge in [-0.1, -0.05) is 37.3 Å². The van der Waals surface area contributed by atoms with E-state index in [0.29, 0.717) is 23.1 Å². The largest absolute Gasteiger partial charge is 0.480 e. The maximum atomic E-state index is 13.9. The van der Waals surface area contributed by atoms with Gasteiger partial charge in [-0.15, -0.1) is 0 Å². The molecule has 1 aliphatic heterocycles. The van der Waals surface area contributed by atoms with Crippen molar-refractivity contribution >= 4 is 34.5 Å². The molecule has 3 heterocycles. The number of carboxylic acid groups (broad SMARTS) is 1. The van der Waals surface area contributed by atoms with Gasteiger partial charge in [0.05, 0.1) is 5.52 Å². The monoisotopic (exact) mass is 594 g/mol. The maximum absolute atomic E-state index is 13.9. The van der Waals surface area contributed by atoms with Crippen LogP contribution in [-0.2, 0) is 27.3 Å². The van der Waals surface area contributed by atoms with E-state index < -0.39 is 24.0 Å². The summed E-state index contributed by atoms with van der Waals surface area (Å²) in [5.41, 5.74) is 3.95. The summed E-state index contributed by atoms with van der Waals surface area (Å²) in [7, 11) is 0. The van der Waals surface area contributed by atoms with E-state index in [-0.39, 0.29) is 41.8 Å². The molecule has 1 aliphatic carbocycles. The molecule has 0 spiro atoms. The van der Waals surface area contributed by atoms with E-state index in [0.717, 1.165) is 28.7 Å². The number of rotatable bonds is 9. The Hall–Kier alpha value is -4.93. The Morgan fingerprint density at radius 2 is 1.75 bits per heavy atom. The number of carboxylic acids is 1. The van der Waals surface area contributed by atoms with Gasteiger partial charge in [-0.3, -0.25) is 19.1 Å². The molecule has 0 radical (unpaired) electrons. The van der Waals surface area contributed by atoms with Crippen LogP contribution in [-0.4, -0.2) is 71.4 Å². The van der Waals surface area contributed by atoms with Gasteiger partial charge in [0.15, 0.2) is 5.78 Å². The van der Waals surface area contributed by atoms with Crippen LogP contribution in [0.3, 0.4) is 0 Å².